The van der Waals surface area contributed by atoms with Crippen molar-refractivity contribution in [3.8, 4) is 0 Å². The molecular weight excluding hydrogens is 314 g/mol. The molecule has 0 fully saturated rings. The van der Waals surface area contributed by atoms with Gasteiger partial charge in [0.15, 0.2) is 6.10 Å². The molecule has 0 radical (unpaired) electrons. The van der Waals surface area contributed by atoms with Crippen molar-refractivity contribution in [2.45, 2.75) is 32.4 Å². The number of hydrogen-bond donors (Lipinski definition) is 1. The standard InChI is InChI=1S/C17H22ClN3O2/c1-4-9-21(17(22)19-12(2)3)11-13-10-16(20-23-13)14-7-5-6-8-15(14)18/h4-8,12-13H,1,9-11H2,2-3H3,(H,19,22). The highest BCUT2D eigenvalue weighted by Gasteiger charge is 2.27. The average molecular weight is 336 g/mol. The van der Waals surface area contributed by atoms with Gasteiger partial charge in [-0.3, -0.25) is 0 Å². The molecule has 2 amide bonds. The van der Waals surface area contributed by atoms with Crippen molar-refractivity contribution in [1.29, 1.82) is 0 Å². The molecule has 1 atom stereocenters. The lowest BCUT2D eigenvalue weighted by atomic mass is 10.0. The fraction of sp³-hybridized carbons (Fsp3) is 0.412. The molecule has 0 aromatic heterocycles. The molecule has 1 heterocycles. The van der Waals surface area contributed by atoms with Crippen LogP contribution in [-0.4, -0.2) is 41.9 Å². The Balaban J connectivity index is 1.97. The summed E-state index contributed by atoms with van der Waals surface area (Å²) in [5.41, 5.74) is 1.68. The quantitative estimate of drug-likeness (QED) is 0.810. The van der Waals surface area contributed by atoms with Gasteiger partial charge in [-0.05, 0) is 19.9 Å². The number of carbonyl (C=O) groups excluding carboxylic acids is 1. The van der Waals surface area contributed by atoms with Crippen molar-refractivity contribution in [2.75, 3.05) is 13.1 Å². The molecule has 1 N–H and O–H groups in total. The van der Waals surface area contributed by atoms with Gasteiger partial charge in [-0.25, -0.2) is 4.79 Å². The average Bonchev–Trinajstić information content (AvgIpc) is 2.95. The Morgan fingerprint density at radius 2 is 2.30 bits per heavy atom. The molecule has 0 spiro atoms. The molecule has 5 nitrogen and oxygen atoms in total. The molecule has 1 aliphatic heterocycles. The molecule has 1 unspecified atom stereocenters. The molecule has 1 aliphatic rings. The Kier molecular flexibility index (Phi) is 6.04. The van der Waals surface area contributed by atoms with E-state index in [1.54, 1.807) is 11.0 Å². The van der Waals surface area contributed by atoms with Crippen LogP contribution in [0, 0.1) is 0 Å². The van der Waals surface area contributed by atoms with Gasteiger partial charge < -0.3 is 15.1 Å². The van der Waals surface area contributed by atoms with Gasteiger partial charge in [-0.2, -0.15) is 0 Å². The number of nitrogens with zero attached hydrogens (tertiary/aromatic N) is 2. The second kappa shape index (κ2) is 8.02. The Morgan fingerprint density at radius 1 is 1.57 bits per heavy atom. The van der Waals surface area contributed by atoms with Gasteiger partial charge in [0, 0.05) is 29.6 Å². The summed E-state index contributed by atoms with van der Waals surface area (Å²) in [7, 11) is 0. The third-order valence-electron chi connectivity index (χ3n) is 3.39. The van der Waals surface area contributed by atoms with Crippen molar-refractivity contribution in [3.63, 3.8) is 0 Å². The van der Waals surface area contributed by atoms with Crippen LogP contribution in [0.4, 0.5) is 4.79 Å². The number of hydrogen-bond acceptors (Lipinski definition) is 3. The minimum absolute atomic E-state index is 0.0780. The fourth-order valence-electron chi connectivity index (χ4n) is 2.36. The van der Waals surface area contributed by atoms with Crippen LogP contribution >= 0.6 is 11.6 Å². The first kappa shape index (κ1) is 17.3. The number of oxime groups is 1. The van der Waals surface area contributed by atoms with E-state index in [1.165, 1.54) is 0 Å². The van der Waals surface area contributed by atoms with Gasteiger partial charge in [0.1, 0.15) is 0 Å². The predicted octanol–water partition coefficient (Wildman–Crippen LogP) is 3.44. The lowest BCUT2D eigenvalue weighted by Crippen LogP contribution is -2.46. The monoisotopic (exact) mass is 335 g/mol. The molecule has 1 aromatic rings. The molecule has 23 heavy (non-hydrogen) atoms. The van der Waals surface area contributed by atoms with Gasteiger partial charge in [-0.1, -0.05) is 41.0 Å². The number of benzene rings is 1. The summed E-state index contributed by atoms with van der Waals surface area (Å²) in [5.74, 6) is 0. The van der Waals surface area contributed by atoms with Gasteiger partial charge in [0.25, 0.3) is 0 Å². The van der Waals surface area contributed by atoms with E-state index >= 15 is 0 Å². The Bertz CT molecular complexity index is 601. The molecule has 1 aromatic carbocycles. The maximum atomic E-state index is 12.2. The normalized spacial score (nSPS) is 16.7. The first-order valence-electron chi connectivity index (χ1n) is 7.65. The van der Waals surface area contributed by atoms with E-state index in [0.717, 1.165) is 11.3 Å². The largest absolute Gasteiger partial charge is 0.390 e. The van der Waals surface area contributed by atoms with Crippen LogP contribution in [0.25, 0.3) is 0 Å². The molecule has 0 saturated heterocycles. The zero-order chi connectivity index (χ0) is 16.8. The van der Waals surface area contributed by atoms with E-state index in [0.29, 0.717) is 24.5 Å². The third kappa shape index (κ3) is 4.73. The number of urea groups is 1. The lowest BCUT2D eigenvalue weighted by Gasteiger charge is -2.24. The van der Waals surface area contributed by atoms with Crippen LogP contribution in [0.1, 0.15) is 25.8 Å². The summed E-state index contributed by atoms with van der Waals surface area (Å²) < 4.78 is 0. The van der Waals surface area contributed by atoms with Crippen molar-refractivity contribution in [3.05, 3.63) is 47.5 Å². The van der Waals surface area contributed by atoms with Gasteiger partial charge in [-0.15, -0.1) is 6.58 Å². The maximum Gasteiger partial charge on any atom is 0.318 e. The van der Waals surface area contributed by atoms with Crippen LogP contribution < -0.4 is 5.32 Å². The summed E-state index contributed by atoms with van der Waals surface area (Å²) in [4.78, 5) is 19.3. The van der Waals surface area contributed by atoms with Crippen LogP contribution in [0.15, 0.2) is 42.1 Å². The first-order valence-corrected chi connectivity index (χ1v) is 8.03. The SMILES string of the molecule is C=CCN(CC1CC(c2ccccc2Cl)=NO1)C(=O)NC(C)C. The molecule has 0 bridgehead atoms. The Labute approximate surface area is 141 Å². The minimum atomic E-state index is -0.181. The summed E-state index contributed by atoms with van der Waals surface area (Å²) in [6.45, 7) is 8.46. The molecule has 124 valence electrons. The van der Waals surface area contributed by atoms with Crippen molar-refractivity contribution in [2.24, 2.45) is 5.16 Å². The zero-order valence-corrected chi connectivity index (χ0v) is 14.2. The molecule has 2 rings (SSSR count). The lowest BCUT2D eigenvalue weighted by molar-refractivity contribution is 0.0626. The molecular formula is C17H22ClN3O2. The van der Waals surface area contributed by atoms with Crippen molar-refractivity contribution >= 4 is 23.3 Å². The highest BCUT2D eigenvalue weighted by Crippen LogP contribution is 2.23. The first-order chi connectivity index (χ1) is 11.0. The second-order valence-corrected chi connectivity index (χ2v) is 6.15. The molecule has 0 aliphatic carbocycles. The van der Waals surface area contributed by atoms with Crippen LogP contribution in [0.2, 0.25) is 5.02 Å². The predicted molar refractivity (Wildman–Crippen MR) is 92.9 cm³/mol. The van der Waals surface area contributed by atoms with E-state index in [-0.39, 0.29) is 18.2 Å². The summed E-state index contributed by atoms with van der Waals surface area (Å²) in [5, 5.41) is 7.66. The highest BCUT2D eigenvalue weighted by atomic mass is 35.5. The fourth-order valence-corrected chi connectivity index (χ4v) is 2.61. The van der Waals surface area contributed by atoms with E-state index < -0.39 is 0 Å². The summed E-state index contributed by atoms with van der Waals surface area (Å²) in [6.07, 6.45) is 2.14. The van der Waals surface area contributed by atoms with Crippen LogP contribution in [0.5, 0.6) is 0 Å². The third-order valence-corrected chi connectivity index (χ3v) is 3.72. The molecule has 0 saturated carbocycles. The van der Waals surface area contributed by atoms with Gasteiger partial charge >= 0.3 is 6.03 Å². The van der Waals surface area contributed by atoms with Crippen LogP contribution in [-0.2, 0) is 4.84 Å². The van der Waals surface area contributed by atoms with Gasteiger partial charge in [0.2, 0.25) is 0 Å². The number of rotatable bonds is 6. The minimum Gasteiger partial charge on any atom is -0.390 e. The number of nitrogens with one attached hydrogen (secondary N) is 1. The Hall–Kier alpha value is -2.01. The van der Waals surface area contributed by atoms with Crippen LogP contribution in [0.3, 0.4) is 0 Å². The molecule has 6 heteroatoms. The number of carbonyl (C=O) groups is 1. The van der Waals surface area contributed by atoms with Gasteiger partial charge in [0.05, 0.1) is 12.3 Å². The van der Waals surface area contributed by atoms with E-state index in [2.05, 4.69) is 17.1 Å². The smallest absolute Gasteiger partial charge is 0.318 e. The van der Waals surface area contributed by atoms with E-state index in [1.807, 2.05) is 38.1 Å². The van der Waals surface area contributed by atoms with E-state index in [9.17, 15) is 4.79 Å². The Morgan fingerprint density at radius 3 is 2.96 bits per heavy atom. The second-order valence-electron chi connectivity index (χ2n) is 5.75. The summed E-state index contributed by atoms with van der Waals surface area (Å²) >= 11 is 6.19. The topological polar surface area (TPSA) is 53.9 Å². The summed E-state index contributed by atoms with van der Waals surface area (Å²) in [6, 6.07) is 7.48. The number of amides is 2. The van der Waals surface area contributed by atoms with E-state index in [4.69, 9.17) is 16.4 Å². The highest BCUT2D eigenvalue weighted by molar-refractivity contribution is 6.34. The number of halogens is 1. The van der Waals surface area contributed by atoms with Crippen molar-refractivity contribution < 1.29 is 9.63 Å². The van der Waals surface area contributed by atoms with Crippen molar-refractivity contribution in [1.82, 2.24) is 10.2 Å². The maximum absolute atomic E-state index is 12.2. The zero-order valence-electron chi connectivity index (χ0n) is 13.5.